The van der Waals surface area contributed by atoms with Gasteiger partial charge in [0.2, 0.25) is 5.91 Å². The quantitative estimate of drug-likeness (QED) is 0.715. The monoisotopic (exact) mass is 199 g/mol. The summed E-state index contributed by atoms with van der Waals surface area (Å²) in [4.78, 5) is 11.4. The molecule has 80 valence electrons. The minimum absolute atomic E-state index is 0.133. The Kier molecular flexibility index (Phi) is 3.37. The first kappa shape index (κ1) is 9.93. The van der Waals surface area contributed by atoms with Gasteiger partial charge in [0.25, 0.3) is 0 Å². The molecule has 2 saturated heterocycles. The van der Waals surface area contributed by atoms with Crippen LogP contribution >= 0.6 is 0 Å². The van der Waals surface area contributed by atoms with Crippen LogP contribution in [0.15, 0.2) is 0 Å². The molecule has 0 spiro atoms. The van der Waals surface area contributed by atoms with E-state index in [0.717, 1.165) is 25.9 Å². The zero-order chi connectivity index (χ0) is 9.80. The van der Waals surface area contributed by atoms with Gasteiger partial charge in [-0.2, -0.15) is 0 Å². The van der Waals surface area contributed by atoms with E-state index in [1.807, 2.05) is 0 Å². The third kappa shape index (κ3) is 2.69. The third-order valence-electron chi connectivity index (χ3n) is 2.72. The molecular weight excluding hydrogens is 182 g/mol. The normalized spacial score (nSPS) is 27.3. The highest BCUT2D eigenvalue weighted by Gasteiger charge is 2.21. The summed E-state index contributed by atoms with van der Waals surface area (Å²) >= 11 is 0. The largest absolute Gasteiger partial charge is 0.378 e. The number of hydrogen-bond donors (Lipinski definition) is 1. The van der Waals surface area contributed by atoms with Gasteiger partial charge in [0.1, 0.15) is 0 Å². The summed E-state index contributed by atoms with van der Waals surface area (Å²) in [6.07, 6.45) is 4.02. The van der Waals surface area contributed by atoms with Gasteiger partial charge in [-0.05, 0) is 19.3 Å². The Bertz CT molecular complexity index is 198. The molecule has 4 heteroatoms. The van der Waals surface area contributed by atoms with Gasteiger partial charge >= 0.3 is 0 Å². The van der Waals surface area contributed by atoms with Crippen molar-refractivity contribution in [2.45, 2.75) is 37.8 Å². The van der Waals surface area contributed by atoms with Crippen LogP contribution in [0.3, 0.4) is 0 Å². The molecule has 0 aromatic heterocycles. The molecule has 1 unspecified atom stereocenters. The first-order valence-electron chi connectivity index (χ1n) is 5.33. The predicted molar refractivity (Wildman–Crippen MR) is 51.0 cm³/mol. The second-order valence-corrected chi connectivity index (χ2v) is 3.98. The zero-order valence-corrected chi connectivity index (χ0v) is 8.33. The standard InChI is InChI=1S/C10H17NO3/c12-10(11-8-6-13-7-8)4-3-9-2-1-5-14-9/h8-9H,1-7H2,(H,11,12). The van der Waals surface area contributed by atoms with Gasteiger partial charge < -0.3 is 14.8 Å². The summed E-state index contributed by atoms with van der Waals surface area (Å²) in [6.45, 7) is 2.21. The van der Waals surface area contributed by atoms with Crippen molar-refractivity contribution in [1.82, 2.24) is 5.32 Å². The van der Waals surface area contributed by atoms with Gasteiger partial charge in [0.05, 0.1) is 25.4 Å². The smallest absolute Gasteiger partial charge is 0.220 e. The summed E-state index contributed by atoms with van der Waals surface area (Å²) in [5.74, 6) is 0.133. The molecule has 0 radical (unpaired) electrons. The summed E-state index contributed by atoms with van der Waals surface area (Å²) in [7, 11) is 0. The number of ether oxygens (including phenoxy) is 2. The number of amides is 1. The fraction of sp³-hybridized carbons (Fsp3) is 0.900. The van der Waals surface area contributed by atoms with Crippen molar-refractivity contribution in [2.24, 2.45) is 0 Å². The molecule has 1 N–H and O–H groups in total. The average Bonchev–Trinajstić information content (AvgIpc) is 2.60. The van der Waals surface area contributed by atoms with Crippen molar-refractivity contribution in [3.05, 3.63) is 0 Å². The van der Waals surface area contributed by atoms with E-state index in [2.05, 4.69) is 5.32 Å². The van der Waals surface area contributed by atoms with E-state index in [1.54, 1.807) is 0 Å². The lowest BCUT2D eigenvalue weighted by Gasteiger charge is -2.26. The van der Waals surface area contributed by atoms with E-state index in [4.69, 9.17) is 9.47 Å². The Morgan fingerprint density at radius 3 is 2.86 bits per heavy atom. The Balaban J connectivity index is 1.57. The molecular formula is C10H17NO3. The second kappa shape index (κ2) is 4.75. The molecule has 1 amide bonds. The first-order valence-corrected chi connectivity index (χ1v) is 5.33. The van der Waals surface area contributed by atoms with E-state index in [9.17, 15) is 4.79 Å². The van der Waals surface area contributed by atoms with Crippen molar-refractivity contribution in [3.63, 3.8) is 0 Å². The fourth-order valence-corrected chi connectivity index (χ4v) is 1.78. The van der Waals surface area contributed by atoms with Crippen LogP contribution < -0.4 is 5.32 Å². The van der Waals surface area contributed by atoms with Crippen molar-refractivity contribution in [2.75, 3.05) is 19.8 Å². The highest BCUT2D eigenvalue weighted by molar-refractivity contribution is 5.76. The lowest BCUT2D eigenvalue weighted by atomic mass is 10.1. The zero-order valence-electron chi connectivity index (χ0n) is 8.33. The van der Waals surface area contributed by atoms with Crippen molar-refractivity contribution in [1.29, 1.82) is 0 Å². The van der Waals surface area contributed by atoms with Gasteiger partial charge in [0, 0.05) is 13.0 Å². The summed E-state index contributed by atoms with van der Waals surface area (Å²) in [5, 5.41) is 2.92. The predicted octanol–water partition coefficient (Wildman–Crippen LogP) is 0.461. The van der Waals surface area contributed by atoms with Crippen LogP contribution in [-0.4, -0.2) is 37.9 Å². The molecule has 0 bridgehead atoms. The molecule has 2 heterocycles. The number of carbonyl (C=O) groups is 1. The maximum absolute atomic E-state index is 11.4. The number of carbonyl (C=O) groups excluding carboxylic acids is 1. The van der Waals surface area contributed by atoms with Crippen LogP contribution in [-0.2, 0) is 14.3 Å². The fourth-order valence-electron chi connectivity index (χ4n) is 1.78. The highest BCUT2D eigenvalue weighted by Crippen LogP contribution is 2.16. The summed E-state index contributed by atoms with van der Waals surface area (Å²) < 4.78 is 10.4. The number of hydrogen-bond acceptors (Lipinski definition) is 3. The molecule has 0 aromatic carbocycles. The van der Waals surface area contributed by atoms with E-state index < -0.39 is 0 Å². The van der Waals surface area contributed by atoms with Crippen LogP contribution in [0, 0.1) is 0 Å². The van der Waals surface area contributed by atoms with Gasteiger partial charge in [-0.3, -0.25) is 4.79 Å². The maximum Gasteiger partial charge on any atom is 0.220 e. The third-order valence-corrected chi connectivity index (χ3v) is 2.72. The van der Waals surface area contributed by atoms with Gasteiger partial charge in [-0.25, -0.2) is 0 Å². The topological polar surface area (TPSA) is 47.6 Å². The Hall–Kier alpha value is -0.610. The van der Waals surface area contributed by atoms with Crippen molar-refractivity contribution < 1.29 is 14.3 Å². The second-order valence-electron chi connectivity index (χ2n) is 3.98. The Morgan fingerprint density at radius 1 is 1.43 bits per heavy atom. The van der Waals surface area contributed by atoms with Crippen LogP contribution in [0.5, 0.6) is 0 Å². The lowest BCUT2D eigenvalue weighted by Crippen LogP contribution is -2.48. The van der Waals surface area contributed by atoms with E-state index in [-0.39, 0.29) is 11.9 Å². The summed E-state index contributed by atoms with van der Waals surface area (Å²) in [5.41, 5.74) is 0. The van der Waals surface area contributed by atoms with E-state index in [1.165, 1.54) is 0 Å². The molecule has 0 aliphatic carbocycles. The van der Waals surface area contributed by atoms with Crippen molar-refractivity contribution >= 4 is 5.91 Å². The number of nitrogens with one attached hydrogen (secondary N) is 1. The molecule has 2 fully saturated rings. The molecule has 0 saturated carbocycles. The van der Waals surface area contributed by atoms with Gasteiger partial charge in [-0.15, -0.1) is 0 Å². The summed E-state index contributed by atoms with van der Waals surface area (Å²) in [6, 6.07) is 0.256. The van der Waals surface area contributed by atoms with Gasteiger partial charge in [-0.1, -0.05) is 0 Å². The number of rotatable bonds is 4. The van der Waals surface area contributed by atoms with Crippen molar-refractivity contribution in [3.8, 4) is 0 Å². The SMILES string of the molecule is O=C(CCC1CCCO1)NC1COC1. The lowest BCUT2D eigenvalue weighted by molar-refractivity contribution is -0.125. The molecule has 2 rings (SSSR count). The minimum Gasteiger partial charge on any atom is -0.378 e. The minimum atomic E-state index is 0.133. The molecule has 4 nitrogen and oxygen atoms in total. The van der Waals surface area contributed by atoms with Gasteiger partial charge in [0.15, 0.2) is 0 Å². The highest BCUT2D eigenvalue weighted by atomic mass is 16.5. The van der Waals surface area contributed by atoms with Crippen LogP contribution in [0.4, 0.5) is 0 Å². The molecule has 0 aromatic rings. The Morgan fingerprint density at radius 2 is 2.29 bits per heavy atom. The van der Waals surface area contributed by atoms with E-state index in [0.29, 0.717) is 25.7 Å². The molecule has 2 aliphatic heterocycles. The molecule has 1 atom stereocenters. The average molecular weight is 199 g/mol. The van der Waals surface area contributed by atoms with Crippen LogP contribution in [0.1, 0.15) is 25.7 Å². The molecule has 2 aliphatic rings. The Labute approximate surface area is 84.0 Å². The van der Waals surface area contributed by atoms with Crippen LogP contribution in [0.2, 0.25) is 0 Å². The molecule has 14 heavy (non-hydrogen) atoms. The van der Waals surface area contributed by atoms with Crippen LogP contribution in [0.25, 0.3) is 0 Å². The maximum atomic E-state index is 11.4. The first-order chi connectivity index (χ1) is 6.84. The van der Waals surface area contributed by atoms with E-state index >= 15 is 0 Å².